The Balaban J connectivity index is 2.13. The van der Waals surface area contributed by atoms with E-state index in [4.69, 9.17) is 11.6 Å². The second kappa shape index (κ2) is 5.84. The maximum absolute atomic E-state index is 6.45. The molecule has 0 aliphatic carbocycles. The van der Waals surface area contributed by atoms with E-state index in [0.717, 1.165) is 32.6 Å². The number of pyridine rings is 1. The standard InChI is InChI=1S/C18H17ClN2/c1-12(20-2)14-9-8-13(11-17(14)19)15-5-3-7-18-16(15)6-4-10-21-18/h3-12,20H,1-2H3. The zero-order chi connectivity index (χ0) is 14.8. The predicted octanol–water partition coefficient (Wildman–Crippen LogP) is 4.84. The monoisotopic (exact) mass is 296 g/mol. The van der Waals surface area contributed by atoms with Crippen molar-refractivity contribution in [2.45, 2.75) is 13.0 Å². The Bertz CT molecular complexity index is 778. The van der Waals surface area contributed by atoms with E-state index in [-0.39, 0.29) is 6.04 Å². The second-order valence-electron chi connectivity index (χ2n) is 5.12. The van der Waals surface area contributed by atoms with Gasteiger partial charge in [-0.1, -0.05) is 41.9 Å². The number of fused-ring (bicyclic) bond motifs is 1. The number of halogens is 1. The van der Waals surface area contributed by atoms with Crippen molar-refractivity contribution in [1.29, 1.82) is 0 Å². The molecule has 1 atom stereocenters. The molecule has 1 aromatic heterocycles. The van der Waals surface area contributed by atoms with E-state index in [0.29, 0.717) is 0 Å². The minimum atomic E-state index is 0.237. The molecule has 0 amide bonds. The SMILES string of the molecule is CNC(C)c1ccc(-c2cccc3ncccc23)cc1Cl. The van der Waals surface area contributed by atoms with Gasteiger partial charge in [0.1, 0.15) is 0 Å². The highest BCUT2D eigenvalue weighted by molar-refractivity contribution is 6.31. The Morgan fingerprint density at radius 2 is 1.95 bits per heavy atom. The van der Waals surface area contributed by atoms with Crippen LogP contribution in [-0.2, 0) is 0 Å². The number of hydrogen-bond donors (Lipinski definition) is 1. The average Bonchev–Trinajstić information content (AvgIpc) is 2.53. The molecule has 3 aromatic rings. The molecule has 2 aromatic carbocycles. The van der Waals surface area contributed by atoms with Crippen LogP contribution in [0.4, 0.5) is 0 Å². The lowest BCUT2D eigenvalue weighted by molar-refractivity contribution is 0.652. The zero-order valence-corrected chi connectivity index (χ0v) is 12.9. The van der Waals surface area contributed by atoms with Crippen LogP contribution in [0.1, 0.15) is 18.5 Å². The van der Waals surface area contributed by atoms with E-state index >= 15 is 0 Å². The fourth-order valence-electron chi connectivity index (χ4n) is 2.56. The normalized spacial score (nSPS) is 12.5. The summed E-state index contributed by atoms with van der Waals surface area (Å²) >= 11 is 6.45. The highest BCUT2D eigenvalue weighted by Crippen LogP contribution is 2.32. The van der Waals surface area contributed by atoms with Crippen molar-refractivity contribution in [3.05, 3.63) is 65.3 Å². The lowest BCUT2D eigenvalue weighted by Crippen LogP contribution is -2.12. The van der Waals surface area contributed by atoms with E-state index in [2.05, 4.69) is 41.5 Å². The molecular formula is C18H17ClN2. The van der Waals surface area contributed by atoms with Gasteiger partial charge in [-0.05, 0) is 48.9 Å². The van der Waals surface area contributed by atoms with Crippen LogP contribution in [-0.4, -0.2) is 12.0 Å². The van der Waals surface area contributed by atoms with Crippen molar-refractivity contribution in [3.63, 3.8) is 0 Å². The number of nitrogens with zero attached hydrogens (tertiary/aromatic N) is 1. The van der Waals surface area contributed by atoms with Crippen molar-refractivity contribution in [1.82, 2.24) is 10.3 Å². The maximum Gasteiger partial charge on any atom is 0.0708 e. The summed E-state index contributed by atoms with van der Waals surface area (Å²) in [7, 11) is 1.94. The molecule has 106 valence electrons. The van der Waals surface area contributed by atoms with Crippen LogP contribution < -0.4 is 5.32 Å². The van der Waals surface area contributed by atoms with Gasteiger partial charge in [0.2, 0.25) is 0 Å². The summed E-state index contributed by atoms with van der Waals surface area (Å²) in [6.07, 6.45) is 1.82. The number of nitrogens with one attached hydrogen (secondary N) is 1. The fourth-order valence-corrected chi connectivity index (χ4v) is 2.90. The van der Waals surface area contributed by atoms with Gasteiger partial charge in [-0.3, -0.25) is 4.98 Å². The summed E-state index contributed by atoms with van der Waals surface area (Å²) < 4.78 is 0. The summed E-state index contributed by atoms with van der Waals surface area (Å²) in [6.45, 7) is 2.10. The smallest absolute Gasteiger partial charge is 0.0708 e. The molecule has 0 aliphatic rings. The first-order valence-electron chi connectivity index (χ1n) is 7.01. The third kappa shape index (κ3) is 2.65. The molecule has 2 nitrogen and oxygen atoms in total. The summed E-state index contributed by atoms with van der Waals surface area (Å²) in [6, 6.07) is 16.7. The lowest BCUT2D eigenvalue weighted by Gasteiger charge is -2.14. The van der Waals surface area contributed by atoms with Crippen LogP contribution >= 0.6 is 11.6 Å². The molecule has 0 saturated carbocycles. The molecule has 0 bridgehead atoms. The molecule has 3 heteroatoms. The summed E-state index contributed by atoms with van der Waals surface area (Å²) in [5.41, 5.74) is 4.39. The Labute approximate surface area is 129 Å². The minimum Gasteiger partial charge on any atom is -0.313 e. The van der Waals surface area contributed by atoms with Crippen LogP contribution in [0.5, 0.6) is 0 Å². The molecule has 0 spiro atoms. The Morgan fingerprint density at radius 3 is 2.71 bits per heavy atom. The van der Waals surface area contributed by atoms with E-state index in [1.807, 2.05) is 37.5 Å². The van der Waals surface area contributed by atoms with Crippen LogP contribution in [0.25, 0.3) is 22.0 Å². The van der Waals surface area contributed by atoms with Gasteiger partial charge < -0.3 is 5.32 Å². The number of aromatic nitrogens is 1. The third-order valence-corrected chi connectivity index (χ3v) is 4.18. The Morgan fingerprint density at radius 1 is 1.10 bits per heavy atom. The van der Waals surface area contributed by atoms with Crippen molar-refractivity contribution in [2.75, 3.05) is 7.05 Å². The van der Waals surface area contributed by atoms with Gasteiger partial charge in [0.05, 0.1) is 5.52 Å². The second-order valence-corrected chi connectivity index (χ2v) is 5.53. The highest BCUT2D eigenvalue weighted by atomic mass is 35.5. The van der Waals surface area contributed by atoms with Crippen molar-refractivity contribution < 1.29 is 0 Å². The van der Waals surface area contributed by atoms with Gasteiger partial charge in [0.25, 0.3) is 0 Å². The first-order chi connectivity index (χ1) is 10.2. The van der Waals surface area contributed by atoms with Crippen LogP contribution in [0.3, 0.4) is 0 Å². The molecule has 1 N–H and O–H groups in total. The molecule has 3 rings (SSSR count). The Kier molecular flexibility index (Phi) is 3.91. The molecule has 0 fully saturated rings. The van der Waals surface area contributed by atoms with Crippen molar-refractivity contribution in [3.8, 4) is 11.1 Å². The topological polar surface area (TPSA) is 24.9 Å². The molecule has 21 heavy (non-hydrogen) atoms. The third-order valence-electron chi connectivity index (χ3n) is 3.86. The first kappa shape index (κ1) is 14.1. The van der Waals surface area contributed by atoms with Crippen molar-refractivity contribution in [2.24, 2.45) is 0 Å². The summed E-state index contributed by atoms with van der Waals surface area (Å²) in [4.78, 5) is 4.41. The van der Waals surface area contributed by atoms with Crippen LogP contribution in [0.15, 0.2) is 54.7 Å². The van der Waals surface area contributed by atoms with E-state index < -0.39 is 0 Å². The van der Waals surface area contributed by atoms with Gasteiger partial charge in [-0.2, -0.15) is 0 Å². The molecule has 0 radical (unpaired) electrons. The average molecular weight is 297 g/mol. The molecule has 0 aliphatic heterocycles. The molecule has 0 saturated heterocycles. The van der Waals surface area contributed by atoms with Crippen LogP contribution in [0.2, 0.25) is 5.02 Å². The predicted molar refractivity (Wildman–Crippen MR) is 89.7 cm³/mol. The van der Waals surface area contributed by atoms with Gasteiger partial charge in [-0.25, -0.2) is 0 Å². The quantitative estimate of drug-likeness (QED) is 0.748. The van der Waals surface area contributed by atoms with E-state index in [1.54, 1.807) is 0 Å². The van der Waals surface area contributed by atoms with E-state index in [1.165, 1.54) is 0 Å². The summed E-state index contributed by atoms with van der Waals surface area (Å²) in [5, 5.41) is 5.15. The maximum atomic E-state index is 6.45. The lowest BCUT2D eigenvalue weighted by atomic mass is 9.98. The molecule has 1 unspecified atom stereocenters. The number of benzene rings is 2. The molecular weight excluding hydrogens is 280 g/mol. The first-order valence-corrected chi connectivity index (χ1v) is 7.39. The van der Waals surface area contributed by atoms with Gasteiger partial charge in [-0.15, -0.1) is 0 Å². The highest BCUT2D eigenvalue weighted by Gasteiger charge is 2.10. The van der Waals surface area contributed by atoms with E-state index in [9.17, 15) is 0 Å². The van der Waals surface area contributed by atoms with Gasteiger partial charge in [0.15, 0.2) is 0 Å². The number of rotatable bonds is 3. The van der Waals surface area contributed by atoms with Gasteiger partial charge >= 0.3 is 0 Å². The summed E-state index contributed by atoms with van der Waals surface area (Å²) in [5.74, 6) is 0. The number of hydrogen-bond acceptors (Lipinski definition) is 2. The van der Waals surface area contributed by atoms with Crippen LogP contribution in [0, 0.1) is 0 Å². The van der Waals surface area contributed by atoms with Gasteiger partial charge in [0, 0.05) is 22.6 Å². The zero-order valence-electron chi connectivity index (χ0n) is 12.1. The molecule has 1 heterocycles. The Hall–Kier alpha value is -1.90. The minimum absolute atomic E-state index is 0.237. The largest absolute Gasteiger partial charge is 0.313 e. The fraction of sp³-hybridized carbons (Fsp3) is 0.167. The van der Waals surface area contributed by atoms with Crippen molar-refractivity contribution >= 4 is 22.5 Å².